The smallest absolute Gasteiger partial charge is 0.326 e. The summed E-state index contributed by atoms with van der Waals surface area (Å²) in [7, 11) is 0. The highest BCUT2D eigenvalue weighted by Gasteiger charge is 2.30. The molecule has 0 radical (unpaired) electrons. The Morgan fingerprint density at radius 1 is 0.527 bits per heavy atom. The molecule has 0 aliphatic rings. The van der Waals surface area contributed by atoms with Gasteiger partial charge in [-0.05, 0) is 84.7 Å². The van der Waals surface area contributed by atoms with Crippen LogP contribution in [0.2, 0.25) is 0 Å². The summed E-state index contributed by atoms with van der Waals surface area (Å²) < 4.78 is 13.3. The van der Waals surface area contributed by atoms with Crippen LogP contribution in [0.5, 0.6) is 0 Å². The highest BCUT2D eigenvalue weighted by Crippen LogP contribution is 2.19. The molecular weight excluding hydrogens is 974 g/mol. The van der Waals surface area contributed by atoms with E-state index in [1.807, 2.05) is 42.5 Å². The maximum Gasteiger partial charge on any atom is 0.326 e. The zero-order chi connectivity index (χ0) is 54.3. The van der Waals surface area contributed by atoms with Crippen LogP contribution in [-0.4, -0.2) is 127 Å². The molecule has 4 rings (SSSR count). The van der Waals surface area contributed by atoms with Gasteiger partial charge in [-0.15, -0.1) is 0 Å². The van der Waals surface area contributed by atoms with Crippen molar-refractivity contribution >= 4 is 76.1 Å². The van der Waals surface area contributed by atoms with Crippen molar-refractivity contribution in [1.29, 1.82) is 0 Å². The molecule has 3 aromatic carbocycles. The zero-order valence-corrected chi connectivity index (χ0v) is 39.7. The minimum absolute atomic E-state index is 0.0272. The second-order valence-electron chi connectivity index (χ2n) is 17.1. The number of hydrogen-bond acceptors (Lipinski definition) is 12. The molecule has 4 aromatic rings. The van der Waals surface area contributed by atoms with E-state index < -0.39 is 133 Å². The van der Waals surface area contributed by atoms with Gasteiger partial charge in [0, 0.05) is 68.4 Å². The number of carboxylic acids is 5. The number of nitrogens with zero attached hydrogens (tertiary/aromatic N) is 1. The summed E-state index contributed by atoms with van der Waals surface area (Å²) in [4.78, 5) is 140. The van der Waals surface area contributed by atoms with Crippen molar-refractivity contribution in [2.45, 2.75) is 101 Å². The Bertz CT molecular complexity index is 2690. The molecule has 24 heteroatoms. The van der Waals surface area contributed by atoms with E-state index in [0.717, 1.165) is 29.1 Å². The van der Waals surface area contributed by atoms with Crippen molar-refractivity contribution in [3.63, 3.8) is 0 Å². The number of unbranched alkanes of at least 4 members (excludes halogenated alkanes) is 1. The van der Waals surface area contributed by atoms with Crippen molar-refractivity contribution in [1.82, 2.24) is 36.9 Å². The number of ketones is 1. The molecule has 0 saturated carbocycles. The van der Waals surface area contributed by atoms with Crippen LogP contribution >= 0.6 is 0 Å². The summed E-state index contributed by atoms with van der Waals surface area (Å²) in [5.74, 6) is -12.4. The number of Topliss-reactive ketones (excluding diaryl/α,β-unsaturated/α-hetero) is 1. The Balaban J connectivity index is 1.38. The summed E-state index contributed by atoms with van der Waals surface area (Å²) >= 11 is 0. The summed E-state index contributed by atoms with van der Waals surface area (Å²) in [5.41, 5.74) is 1.25. The molecule has 5 atom stereocenters. The third-order valence-corrected chi connectivity index (χ3v) is 11.5. The third kappa shape index (κ3) is 19.8. The van der Waals surface area contributed by atoms with Gasteiger partial charge in [-0.1, -0.05) is 54.6 Å². The van der Waals surface area contributed by atoms with Gasteiger partial charge in [-0.3, -0.25) is 38.4 Å². The van der Waals surface area contributed by atoms with Crippen LogP contribution < -0.4 is 31.9 Å². The number of carboxylic acid groups (broad SMARTS) is 5. The van der Waals surface area contributed by atoms with Gasteiger partial charge >= 0.3 is 35.9 Å². The quantitative estimate of drug-likeness (QED) is 0.0196. The first-order valence-electron chi connectivity index (χ1n) is 23.2. The molecule has 394 valence electrons. The van der Waals surface area contributed by atoms with E-state index in [4.69, 9.17) is 5.11 Å². The topological polar surface area (TPSA) is 374 Å². The second kappa shape index (κ2) is 28.9. The lowest BCUT2D eigenvalue weighted by Crippen LogP contribution is -2.51. The number of carbonyl (C=O) groups excluding carboxylic acids is 6. The first-order chi connectivity index (χ1) is 35.2. The number of carbonyl (C=O) groups is 11. The average molecular weight is 1030 g/mol. The number of pyridine rings is 1. The lowest BCUT2D eigenvalue weighted by molar-refractivity contribution is -0.141. The fraction of sp³-hybridized carbons (Fsp3) is 0.360. The van der Waals surface area contributed by atoms with Gasteiger partial charge in [-0.2, -0.15) is 4.39 Å². The SMILES string of the molecule is O=C(O)CC[C@H](CC(=O)c1ccc(F)nc1)C(=O)N[C@@H](CCC(=O)O)C(=O)NCc1ccc(C(=O)NC(Cc2ccc3ccccc3c2)C(=O)NCCCC[C@H](NC(=O)N[C@@H](CCC(=O)O)C(=O)O)C(=O)O)cc1. The van der Waals surface area contributed by atoms with E-state index in [1.54, 1.807) is 0 Å². The largest absolute Gasteiger partial charge is 0.481 e. The summed E-state index contributed by atoms with van der Waals surface area (Å²) in [6, 6.07) is 14.3. The lowest BCUT2D eigenvalue weighted by atomic mass is 9.93. The van der Waals surface area contributed by atoms with Crippen LogP contribution in [0.3, 0.4) is 0 Å². The van der Waals surface area contributed by atoms with Gasteiger partial charge in [0.1, 0.15) is 24.2 Å². The number of rotatable bonds is 31. The molecule has 1 heterocycles. The number of fused-ring (bicyclic) bond motifs is 1. The molecular formula is C50H56FN7O16. The third-order valence-electron chi connectivity index (χ3n) is 11.5. The fourth-order valence-electron chi connectivity index (χ4n) is 7.42. The number of nitrogens with one attached hydrogen (secondary N) is 6. The highest BCUT2D eigenvalue weighted by atomic mass is 19.1. The molecule has 1 unspecified atom stereocenters. The average Bonchev–Trinajstić information content (AvgIpc) is 3.35. The Labute approximate surface area is 421 Å². The van der Waals surface area contributed by atoms with Crippen molar-refractivity contribution < 1.29 is 82.7 Å². The highest BCUT2D eigenvalue weighted by molar-refractivity contribution is 5.99. The maximum absolute atomic E-state index is 13.7. The Kier molecular flexibility index (Phi) is 22.5. The minimum Gasteiger partial charge on any atom is -0.481 e. The van der Waals surface area contributed by atoms with Crippen molar-refractivity contribution in [2.75, 3.05) is 6.54 Å². The monoisotopic (exact) mass is 1030 g/mol. The number of halogens is 1. The van der Waals surface area contributed by atoms with Crippen molar-refractivity contribution in [3.05, 3.63) is 113 Å². The molecule has 11 N–H and O–H groups in total. The predicted molar refractivity (Wildman–Crippen MR) is 258 cm³/mol. The van der Waals surface area contributed by atoms with Crippen LogP contribution in [0.4, 0.5) is 9.18 Å². The van der Waals surface area contributed by atoms with E-state index in [1.165, 1.54) is 24.3 Å². The van der Waals surface area contributed by atoms with E-state index in [0.29, 0.717) is 11.1 Å². The minimum atomic E-state index is -1.58. The first kappa shape index (κ1) is 57.7. The number of urea groups is 1. The number of amides is 6. The van der Waals surface area contributed by atoms with Gasteiger partial charge in [-0.25, -0.2) is 19.4 Å². The van der Waals surface area contributed by atoms with Crippen LogP contribution in [0.15, 0.2) is 85.1 Å². The van der Waals surface area contributed by atoms with Crippen molar-refractivity contribution in [3.8, 4) is 0 Å². The Morgan fingerprint density at radius 3 is 1.70 bits per heavy atom. The van der Waals surface area contributed by atoms with Gasteiger partial charge in [0.05, 0.1) is 0 Å². The molecule has 6 amide bonds. The van der Waals surface area contributed by atoms with Crippen LogP contribution in [0.1, 0.15) is 96.1 Å². The molecule has 1 aromatic heterocycles. The summed E-state index contributed by atoms with van der Waals surface area (Å²) in [5, 5.41) is 63.0. The van der Waals surface area contributed by atoms with Crippen LogP contribution in [0, 0.1) is 11.9 Å². The van der Waals surface area contributed by atoms with Gasteiger partial charge < -0.3 is 57.4 Å². The zero-order valence-electron chi connectivity index (χ0n) is 39.7. The molecule has 0 bridgehead atoms. The van der Waals surface area contributed by atoms with Crippen molar-refractivity contribution in [2.24, 2.45) is 5.92 Å². The molecule has 0 spiro atoms. The summed E-state index contributed by atoms with van der Waals surface area (Å²) in [6.07, 6.45) is -1.98. The first-order valence-corrected chi connectivity index (χ1v) is 23.2. The molecule has 0 aliphatic heterocycles. The van der Waals surface area contributed by atoms with Crippen LogP contribution in [0.25, 0.3) is 10.8 Å². The van der Waals surface area contributed by atoms with Gasteiger partial charge in [0.2, 0.25) is 23.7 Å². The van der Waals surface area contributed by atoms with Gasteiger partial charge in [0.15, 0.2) is 5.78 Å². The predicted octanol–water partition coefficient (Wildman–Crippen LogP) is 2.79. The van der Waals surface area contributed by atoms with E-state index >= 15 is 0 Å². The fourth-order valence-corrected chi connectivity index (χ4v) is 7.42. The summed E-state index contributed by atoms with van der Waals surface area (Å²) in [6.45, 7) is -0.138. The second-order valence-corrected chi connectivity index (χ2v) is 17.1. The van der Waals surface area contributed by atoms with E-state index in [2.05, 4.69) is 36.9 Å². The maximum atomic E-state index is 13.7. The standard InChI is InChI=1S/C50H56FN7O16/c51-40-18-14-34(27-53-40)39(59)25-33(15-19-41(60)61)45(67)55-35(16-20-42(62)63)46(68)54-26-28-8-12-31(13-9-28)44(66)56-38(24-29-10-11-30-5-1-2-6-32(30)23-29)47(69)52-22-4-3-7-36(48(70)71)57-50(74)58-37(49(72)73)17-21-43(64)65/h1-2,5-6,8-14,18,23,27,33,35-38H,3-4,7,15-17,19-22,24-26H2,(H,52,69)(H,54,68)(H,55,67)(H,56,66)(H,60,61)(H,62,63)(H,64,65)(H,70,71)(H,72,73)(H2,57,58,74)/t33-,35+,36+,37+,38?/m1/s1. The molecule has 0 aliphatic carbocycles. The number of aliphatic carboxylic acids is 5. The normalized spacial score (nSPS) is 12.9. The van der Waals surface area contributed by atoms with E-state index in [-0.39, 0.29) is 62.7 Å². The molecule has 23 nitrogen and oxygen atoms in total. The van der Waals surface area contributed by atoms with Gasteiger partial charge in [0.25, 0.3) is 5.91 Å². The number of aromatic nitrogens is 1. The Morgan fingerprint density at radius 2 is 1.09 bits per heavy atom. The molecule has 74 heavy (non-hydrogen) atoms. The molecule has 0 saturated heterocycles. The molecule has 0 fully saturated rings. The lowest BCUT2D eigenvalue weighted by Gasteiger charge is -2.22. The number of benzene rings is 3. The Hall–Kier alpha value is -8.83. The van der Waals surface area contributed by atoms with E-state index in [9.17, 15) is 77.6 Å². The van der Waals surface area contributed by atoms with Crippen LogP contribution in [-0.2, 0) is 51.3 Å². The number of hydrogen-bond donors (Lipinski definition) is 11.